The van der Waals surface area contributed by atoms with Crippen molar-refractivity contribution in [2.24, 2.45) is 0 Å². The lowest BCUT2D eigenvalue weighted by Gasteiger charge is -2.24. The molecule has 0 fully saturated rings. The predicted octanol–water partition coefficient (Wildman–Crippen LogP) is 2.80. The number of likely N-dealkylation sites (N-methyl/N-ethyl adjacent to an activating group) is 1. The van der Waals surface area contributed by atoms with Crippen LogP contribution in [0.4, 0.5) is 0 Å². The van der Waals surface area contributed by atoms with Crippen molar-refractivity contribution in [1.82, 2.24) is 24.5 Å². The summed E-state index contributed by atoms with van der Waals surface area (Å²) in [5.41, 5.74) is 5.38. The maximum Gasteiger partial charge on any atom is 0.159 e. The summed E-state index contributed by atoms with van der Waals surface area (Å²) in [5.74, 6) is 0. The fraction of sp³-hybridized carbons (Fsp3) is 0.389. The third-order valence-electron chi connectivity index (χ3n) is 4.25. The van der Waals surface area contributed by atoms with Gasteiger partial charge in [0.2, 0.25) is 0 Å². The quantitative estimate of drug-likeness (QED) is 0.727. The molecule has 3 aromatic rings. The summed E-state index contributed by atoms with van der Waals surface area (Å²) in [4.78, 5) is 11.4. The Hall–Kier alpha value is -2.27. The van der Waals surface area contributed by atoms with Crippen LogP contribution in [0, 0.1) is 13.8 Å². The molecule has 0 aromatic carbocycles. The SMILES string of the molecule is Cc1cc(C)n2ncc(CN(C)[C@H](C)Cc3ccccn3)c2n1. The average molecular weight is 309 g/mol. The molecule has 3 aromatic heterocycles. The summed E-state index contributed by atoms with van der Waals surface area (Å²) < 4.78 is 1.92. The van der Waals surface area contributed by atoms with Gasteiger partial charge in [-0.2, -0.15) is 5.10 Å². The van der Waals surface area contributed by atoms with Crippen molar-refractivity contribution < 1.29 is 0 Å². The molecular formula is C18H23N5. The zero-order chi connectivity index (χ0) is 16.4. The molecule has 0 N–H and O–H groups in total. The smallest absolute Gasteiger partial charge is 0.159 e. The maximum atomic E-state index is 4.65. The van der Waals surface area contributed by atoms with E-state index in [0.717, 1.165) is 41.3 Å². The summed E-state index contributed by atoms with van der Waals surface area (Å²) >= 11 is 0. The lowest BCUT2D eigenvalue weighted by atomic mass is 10.1. The normalized spacial score (nSPS) is 12.9. The molecule has 0 aliphatic heterocycles. The van der Waals surface area contributed by atoms with Crippen molar-refractivity contribution >= 4 is 5.65 Å². The van der Waals surface area contributed by atoms with E-state index in [0.29, 0.717) is 6.04 Å². The molecule has 0 spiro atoms. The lowest BCUT2D eigenvalue weighted by Crippen LogP contribution is -2.30. The fourth-order valence-electron chi connectivity index (χ4n) is 2.83. The standard InChI is InChI=1S/C18H23N5/c1-13-9-15(3)23-18(21-13)16(11-20-23)12-22(4)14(2)10-17-7-5-6-8-19-17/h5-9,11,14H,10,12H2,1-4H3/t14-/m1/s1. The first-order valence-electron chi connectivity index (χ1n) is 7.95. The summed E-state index contributed by atoms with van der Waals surface area (Å²) in [6.07, 6.45) is 4.71. The second-order valence-corrected chi connectivity index (χ2v) is 6.23. The van der Waals surface area contributed by atoms with E-state index in [9.17, 15) is 0 Å². The highest BCUT2D eigenvalue weighted by Crippen LogP contribution is 2.15. The van der Waals surface area contributed by atoms with Gasteiger partial charge in [-0.05, 0) is 46.0 Å². The summed E-state index contributed by atoms with van der Waals surface area (Å²) in [6.45, 7) is 7.14. The van der Waals surface area contributed by atoms with Crippen molar-refractivity contribution in [1.29, 1.82) is 0 Å². The summed E-state index contributed by atoms with van der Waals surface area (Å²) in [7, 11) is 2.14. The van der Waals surface area contributed by atoms with Gasteiger partial charge in [0.1, 0.15) is 0 Å². The van der Waals surface area contributed by atoms with Crippen LogP contribution >= 0.6 is 0 Å². The van der Waals surface area contributed by atoms with Gasteiger partial charge >= 0.3 is 0 Å². The monoisotopic (exact) mass is 309 g/mol. The van der Waals surface area contributed by atoms with Crippen LogP contribution in [0.5, 0.6) is 0 Å². The number of hydrogen-bond acceptors (Lipinski definition) is 4. The number of fused-ring (bicyclic) bond motifs is 1. The molecule has 3 rings (SSSR count). The van der Waals surface area contributed by atoms with E-state index in [1.807, 2.05) is 36.0 Å². The maximum absolute atomic E-state index is 4.65. The number of nitrogens with zero attached hydrogens (tertiary/aromatic N) is 5. The highest BCUT2D eigenvalue weighted by Gasteiger charge is 2.15. The Bertz CT molecular complexity index is 794. The summed E-state index contributed by atoms with van der Waals surface area (Å²) in [5, 5.41) is 4.47. The van der Waals surface area contributed by atoms with Crippen LogP contribution in [0.3, 0.4) is 0 Å². The Morgan fingerprint density at radius 1 is 1.26 bits per heavy atom. The van der Waals surface area contributed by atoms with Gasteiger partial charge in [0.05, 0.1) is 6.20 Å². The Morgan fingerprint density at radius 2 is 2.09 bits per heavy atom. The minimum atomic E-state index is 0.394. The van der Waals surface area contributed by atoms with Crippen molar-refractivity contribution in [3.05, 3.63) is 59.3 Å². The number of hydrogen-bond donors (Lipinski definition) is 0. The van der Waals surface area contributed by atoms with E-state index >= 15 is 0 Å². The van der Waals surface area contributed by atoms with Crippen LogP contribution in [-0.4, -0.2) is 37.6 Å². The van der Waals surface area contributed by atoms with Crippen molar-refractivity contribution in [2.75, 3.05) is 7.05 Å². The third kappa shape index (κ3) is 3.40. The molecule has 0 bridgehead atoms. The van der Waals surface area contributed by atoms with E-state index in [1.54, 1.807) is 0 Å². The highest BCUT2D eigenvalue weighted by molar-refractivity contribution is 5.47. The molecule has 0 unspecified atom stereocenters. The van der Waals surface area contributed by atoms with E-state index < -0.39 is 0 Å². The van der Waals surface area contributed by atoms with E-state index in [1.165, 1.54) is 0 Å². The van der Waals surface area contributed by atoms with Gasteiger partial charge in [0.15, 0.2) is 5.65 Å². The van der Waals surface area contributed by atoms with Crippen LogP contribution in [-0.2, 0) is 13.0 Å². The Morgan fingerprint density at radius 3 is 2.83 bits per heavy atom. The first kappa shape index (κ1) is 15.6. The molecule has 0 saturated carbocycles. The van der Waals surface area contributed by atoms with Gasteiger partial charge in [0, 0.05) is 47.8 Å². The first-order valence-corrected chi connectivity index (χ1v) is 7.95. The van der Waals surface area contributed by atoms with Crippen LogP contribution in [0.25, 0.3) is 5.65 Å². The van der Waals surface area contributed by atoms with Crippen LogP contribution < -0.4 is 0 Å². The Labute approximate surface area is 137 Å². The van der Waals surface area contributed by atoms with Gasteiger partial charge in [-0.3, -0.25) is 9.88 Å². The number of aromatic nitrogens is 4. The third-order valence-corrected chi connectivity index (χ3v) is 4.25. The fourth-order valence-corrected chi connectivity index (χ4v) is 2.83. The Kier molecular flexibility index (Phi) is 4.39. The zero-order valence-electron chi connectivity index (χ0n) is 14.2. The summed E-state index contributed by atoms with van der Waals surface area (Å²) in [6, 6.07) is 8.51. The van der Waals surface area contributed by atoms with Gasteiger partial charge in [-0.1, -0.05) is 6.07 Å². The second-order valence-electron chi connectivity index (χ2n) is 6.23. The van der Waals surface area contributed by atoms with E-state index in [-0.39, 0.29) is 0 Å². The van der Waals surface area contributed by atoms with Crippen molar-refractivity contribution in [3.63, 3.8) is 0 Å². The molecule has 23 heavy (non-hydrogen) atoms. The van der Waals surface area contributed by atoms with Crippen LogP contribution in [0.1, 0.15) is 29.6 Å². The number of pyridine rings is 1. The Balaban J connectivity index is 1.76. The van der Waals surface area contributed by atoms with Gasteiger partial charge in [-0.15, -0.1) is 0 Å². The molecular weight excluding hydrogens is 286 g/mol. The first-order chi connectivity index (χ1) is 11.0. The minimum absolute atomic E-state index is 0.394. The minimum Gasteiger partial charge on any atom is -0.299 e. The molecule has 5 nitrogen and oxygen atoms in total. The van der Waals surface area contributed by atoms with Crippen LogP contribution in [0.2, 0.25) is 0 Å². The molecule has 3 heterocycles. The molecule has 0 aliphatic carbocycles. The molecule has 0 radical (unpaired) electrons. The van der Waals surface area contributed by atoms with Crippen molar-refractivity contribution in [2.45, 2.75) is 39.8 Å². The van der Waals surface area contributed by atoms with E-state index in [4.69, 9.17) is 0 Å². The predicted molar refractivity (Wildman–Crippen MR) is 91.3 cm³/mol. The van der Waals surface area contributed by atoms with Gasteiger partial charge in [-0.25, -0.2) is 9.50 Å². The average Bonchev–Trinajstić information content (AvgIpc) is 2.91. The molecule has 0 saturated heterocycles. The number of rotatable bonds is 5. The zero-order valence-corrected chi connectivity index (χ0v) is 14.2. The molecule has 0 aliphatic rings. The number of aryl methyl sites for hydroxylation is 2. The van der Waals surface area contributed by atoms with Crippen molar-refractivity contribution in [3.8, 4) is 0 Å². The van der Waals surface area contributed by atoms with Crippen LogP contribution in [0.15, 0.2) is 36.7 Å². The van der Waals surface area contributed by atoms with Gasteiger partial charge < -0.3 is 0 Å². The topological polar surface area (TPSA) is 46.3 Å². The van der Waals surface area contributed by atoms with Gasteiger partial charge in [0.25, 0.3) is 0 Å². The highest BCUT2D eigenvalue weighted by atomic mass is 15.3. The molecule has 1 atom stereocenters. The largest absolute Gasteiger partial charge is 0.299 e. The second kappa shape index (κ2) is 6.46. The van der Waals surface area contributed by atoms with E-state index in [2.05, 4.69) is 53.0 Å². The molecule has 120 valence electrons. The molecule has 5 heteroatoms. The molecule has 0 amide bonds. The lowest BCUT2D eigenvalue weighted by molar-refractivity contribution is 0.247.